The molecule has 3 aromatic rings. The highest BCUT2D eigenvalue weighted by Gasteiger charge is 2.61. The third-order valence-corrected chi connectivity index (χ3v) is 12.7. The van der Waals surface area contributed by atoms with E-state index in [1.165, 1.54) is 18.2 Å². The molecule has 6 rings (SSSR count). The molecular formula is C49H60F5N5O5. The van der Waals surface area contributed by atoms with Crippen molar-refractivity contribution >= 4 is 40.8 Å². The number of aliphatic imine (C=N–C) groups is 1. The quantitative estimate of drug-likeness (QED) is 0.138. The summed E-state index contributed by atoms with van der Waals surface area (Å²) >= 11 is 0. The molecule has 2 fully saturated rings. The van der Waals surface area contributed by atoms with E-state index >= 15 is 0 Å². The van der Waals surface area contributed by atoms with Crippen LogP contribution in [0.3, 0.4) is 0 Å². The van der Waals surface area contributed by atoms with Crippen LogP contribution in [0, 0.1) is 24.7 Å². The van der Waals surface area contributed by atoms with E-state index in [0.29, 0.717) is 43.8 Å². The second kappa shape index (κ2) is 19.9. The minimum absolute atomic E-state index is 0.0751. The molecule has 1 aliphatic heterocycles. The molecule has 0 unspecified atom stereocenters. The Labute approximate surface area is 372 Å². The van der Waals surface area contributed by atoms with Crippen LogP contribution in [-0.2, 0) is 27.2 Å². The van der Waals surface area contributed by atoms with Crippen LogP contribution in [-0.4, -0.2) is 84.7 Å². The first kappa shape index (κ1) is 48.3. The van der Waals surface area contributed by atoms with Gasteiger partial charge in [0.05, 0.1) is 5.69 Å². The second-order valence-corrected chi connectivity index (χ2v) is 19.0. The molecule has 0 bridgehead atoms. The number of aryl methyl sites for hydroxylation is 1. The topological polar surface area (TPSA) is 129 Å². The fourth-order valence-corrected chi connectivity index (χ4v) is 8.99. The molecule has 0 aromatic heterocycles. The number of ether oxygens (including phenoxy) is 1. The van der Waals surface area contributed by atoms with Gasteiger partial charge in [0, 0.05) is 54.6 Å². The Morgan fingerprint density at radius 3 is 2.12 bits per heavy atom. The highest BCUT2D eigenvalue weighted by molar-refractivity contribution is 6.01. The number of hydrogen-bond acceptors (Lipinski definition) is 7. The van der Waals surface area contributed by atoms with Crippen molar-refractivity contribution in [1.82, 2.24) is 15.5 Å². The second-order valence-electron chi connectivity index (χ2n) is 19.0. The van der Waals surface area contributed by atoms with Gasteiger partial charge >= 0.3 is 18.2 Å². The molecule has 15 heteroatoms. The van der Waals surface area contributed by atoms with Crippen molar-refractivity contribution in [3.63, 3.8) is 0 Å². The Bertz CT molecular complexity index is 2200. The zero-order valence-electron chi connectivity index (χ0n) is 37.5. The number of nitrogens with zero attached hydrogens (tertiary/aromatic N) is 2. The zero-order chi connectivity index (χ0) is 46.6. The number of benzene rings is 3. The summed E-state index contributed by atoms with van der Waals surface area (Å²) < 4.78 is 72.9. The molecule has 64 heavy (non-hydrogen) atoms. The molecule has 3 N–H and O–H groups in total. The molecule has 1 atom stereocenters. The van der Waals surface area contributed by atoms with Crippen LogP contribution < -0.4 is 16.0 Å². The van der Waals surface area contributed by atoms with Gasteiger partial charge in [-0.05, 0) is 158 Å². The molecule has 3 aromatic carbocycles. The number of Topliss-reactive ketones (excluding diaryl/α,β-unsaturated/α-hetero) is 1. The number of nitrogens with one attached hydrogen (secondary N) is 3. The molecule has 1 heterocycles. The maximum atomic E-state index is 14.1. The smallest absolute Gasteiger partial charge is 0.444 e. The number of alkyl carbamates (subject to hydrolysis) is 1. The largest absolute Gasteiger partial charge is 0.459 e. The Morgan fingerprint density at radius 2 is 1.52 bits per heavy atom. The molecular weight excluding hydrogens is 834 g/mol. The lowest BCUT2D eigenvalue weighted by Crippen LogP contribution is -2.44. The van der Waals surface area contributed by atoms with Crippen molar-refractivity contribution in [1.29, 1.82) is 0 Å². The SMILES string of the molecule is Cc1cc(C(=O)NC2CCC(N(C)C)CC2)ccc1-c1ccc(C[C@H](CC(=O)C2CCC(CNC(=O)OC(C)(C)C)CC2)C(=O)Nc2ccc3c(c2)N=C(C(F)(F)C(F)(F)F)C3)cc1. The number of alkyl halides is 5. The summed E-state index contributed by atoms with van der Waals surface area (Å²) in [5, 5.41) is 8.78. The van der Waals surface area contributed by atoms with Gasteiger partial charge in [-0.2, -0.15) is 22.0 Å². The highest BCUT2D eigenvalue weighted by atomic mass is 19.4. The number of carbonyl (C=O) groups excluding carboxylic acids is 4. The van der Waals surface area contributed by atoms with Gasteiger partial charge in [0.2, 0.25) is 5.91 Å². The summed E-state index contributed by atoms with van der Waals surface area (Å²) in [6.45, 7) is 7.74. The van der Waals surface area contributed by atoms with Gasteiger partial charge in [0.15, 0.2) is 0 Å². The molecule has 0 saturated heterocycles. The first-order chi connectivity index (χ1) is 30.1. The predicted molar refractivity (Wildman–Crippen MR) is 237 cm³/mol. The summed E-state index contributed by atoms with van der Waals surface area (Å²) in [6, 6.07) is 18.0. The van der Waals surface area contributed by atoms with Crippen molar-refractivity contribution in [3.05, 3.63) is 82.9 Å². The average Bonchev–Trinajstić information content (AvgIpc) is 3.67. The van der Waals surface area contributed by atoms with Crippen LogP contribution in [0.15, 0.2) is 65.7 Å². The third-order valence-electron chi connectivity index (χ3n) is 12.7. The van der Waals surface area contributed by atoms with Gasteiger partial charge in [-0.15, -0.1) is 0 Å². The molecule has 0 radical (unpaired) electrons. The van der Waals surface area contributed by atoms with Crippen LogP contribution in [0.4, 0.5) is 38.1 Å². The van der Waals surface area contributed by atoms with E-state index in [9.17, 15) is 41.1 Å². The lowest BCUT2D eigenvalue weighted by molar-refractivity contribution is -0.249. The van der Waals surface area contributed by atoms with Gasteiger partial charge in [-0.1, -0.05) is 36.4 Å². The van der Waals surface area contributed by atoms with Gasteiger partial charge in [-0.25, -0.2) is 4.79 Å². The van der Waals surface area contributed by atoms with E-state index in [1.54, 1.807) is 20.8 Å². The minimum atomic E-state index is -5.80. The van der Waals surface area contributed by atoms with Crippen molar-refractivity contribution in [2.75, 3.05) is 26.0 Å². The minimum Gasteiger partial charge on any atom is -0.444 e. The fourth-order valence-electron chi connectivity index (χ4n) is 8.99. The van der Waals surface area contributed by atoms with E-state index < -0.39 is 47.8 Å². The Kier molecular flexibility index (Phi) is 15.0. The van der Waals surface area contributed by atoms with Gasteiger partial charge in [0.1, 0.15) is 17.1 Å². The monoisotopic (exact) mass is 893 g/mol. The highest BCUT2D eigenvalue weighted by Crippen LogP contribution is 2.42. The van der Waals surface area contributed by atoms with Crippen molar-refractivity contribution in [3.8, 4) is 11.1 Å². The lowest BCUT2D eigenvalue weighted by atomic mass is 9.77. The van der Waals surface area contributed by atoms with Crippen molar-refractivity contribution in [2.24, 2.45) is 22.7 Å². The number of rotatable bonds is 14. The number of hydrogen-bond donors (Lipinski definition) is 3. The van der Waals surface area contributed by atoms with E-state index in [0.717, 1.165) is 47.9 Å². The maximum Gasteiger partial charge on any atom is 0.459 e. The Morgan fingerprint density at radius 1 is 0.844 bits per heavy atom. The van der Waals surface area contributed by atoms with Crippen LogP contribution >= 0.6 is 0 Å². The van der Waals surface area contributed by atoms with Crippen LogP contribution in [0.25, 0.3) is 11.1 Å². The molecule has 10 nitrogen and oxygen atoms in total. The summed E-state index contributed by atoms with van der Waals surface area (Å²) in [5.74, 6) is -6.74. The number of fused-ring (bicyclic) bond motifs is 1. The normalized spacial score (nSPS) is 20.8. The van der Waals surface area contributed by atoms with Crippen LogP contribution in [0.1, 0.15) is 106 Å². The Hall–Kier alpha value is -5.18. The summed E-state index contributed by atoms with van der Waals surface area (Å²) in [5.41, 5.74) is 2.42. The van der Waals surface area contributed by atoms with Gasteiger partial charge < -0.3 is 25.6 Å². The zero-order valence-corrected chi connectivity index (χ0v) is 37.5. The number of halogens is 5. The van der Waals surface area contributed by atoms with E-state index in [1.807, 2.05) is 49.4 Å². The number of amides is 3. The Balaban J connectivity index is 1.13. The summed E-state index contributed by atoms with van der Waals surface area (Å²) in [6.07, 6.45) is -0.313. The maximum absolute atomic E-state index is 14.1. The molecule has 2 saturated carbocycles. The lowest BCUT2D eigenvalue weighted by Gasteiger charge is -2.33. The predicted octanol–water partition coefficient (Wildman–Crippen LogP) is 10.2. The van der Waals surface area contributed by atoms with Crippen molar-refractivity contribution in [2.45, 2.75) is 128 Å². The summed E-state index contributed by atoms with van der Waals surface area (Å²) in [4.78, 5) is 59.1. The van der Waals surface area contributed by atoms with Crippen LogP contribution in [0.2, 0.25) is 0 Å². The molecule has 346 valence electrons. The number of ketones is 1. The van der Waals surface area contributed by atoms with Gasteiger partial charge in [-0.3, -0.25) is 19.4 Å². The third kappa shape index (κ3) is 12.3. The standard InChI is InChI=1S/C49H60F5N5O5/c1-29-23-35(44(61)56-37-18-20-39(21-19-37)59(5)6)16-22-40(29)32-11-7-30(8-12-32)24-36(25-42(60)33-13-9-31(10-14-33)28-55-46(63)64-47(2,3)4)45(62)57-38-17-15-34-26-43(58-41(34)27-38)48(50,51)49(52,53)54/h7-8,11-12,15-17,22-23,27,31,33,36-37,39H,9-10,13-14,18-21,24-26,28H2,1-6H3,(H,55,63)(H,56,61)(H,57,62)/t31?,33?,36-,37?,39?/m1/s1. The van der Waals surface area contributed by atoms with E-state index in [2.05, 4.69) is 39.9 Å². The summed E-state index contributed by atoms with van der Waals surface area (Å²) in [7, 11) is 4.17. The number of carbonyl (C=O) groups is 4. The molecule has 3 amide bonds. The number of anilines is 1. The fraction of sp³-hybridized carbons (Fsp3) is 0.531. The van der Waals surface area contributed by atoms with E-state index in [4.69, 9.17) is 4.74 Å². The molecule has 2 aliphatic carbocycles. The average molecular weight is 894 g/mol. The van der Waals surface area contributed by atoms with E-state index in [-0.39, 0.29) is 59.3 Å². The first-order valence-electron chi connectivity index (χ1n) is 22.2. The van der Waals surface area contributed by atoms with Crippen molar-refractivity contribution < 1.29 is 45.9 Å². The van der Waals surface area contributed by atoms with Crippen LogP contribution in [0.5, 0.6) is 0 Å². The van der Waals surface area contributed by atoms with Gasteiger partial charge in [0.25, 0.3) is 5.91 Å². The molecule has 3 aliphatic rings. The first-order valence-corrected chi connectivity index (χ1v) is 22.2. The molecule has 0 spiro atoms.